The Hall–Kier alpha value is -0.110. The molecule has 2 N–H and O–H groups in total. The molecule has 1 aliphatic carbocycles. The van der Waals surface area contributed by atoms with E-state index < -0.39 is 7.60 Å². The second-order valence-corrected chi connectivity index (χ2v) is 4.15. The lowest BCUT2D eigenvalue weighted by molar-refractivity contribution is 0.378. The molecule has 1 rings (SSSR count). The molecule has 0 fully saturated rings. The average Bonchev–Trinajstić information content (AvgIpc) is 1.88. The van der Waals surface area contributed by atoms with Crippen molar-refractivity contribution in [2.45, 2.75) is 25.7 Å². The topological polar surface area (TPSA) is 57.5 Å². The summed E-state index contributed by atoms with van der Waals surface area (Å²) in [5.74, 6) is 0. The van der Waals surface area contributed by atoms with Crippen LogP contribution in [0.15, 0.2) is 11.4 Å². The standard InChI is InChI=1S/C6H11O3P/c7-10(8,9)6-4-2-1-3-5-6/h4H,1-3,5H2,(H2,7,8,9). The van der Waals surface area contributed by atoms with Crippen molar-refractivity contribution >= 4 is 7.60 Å². The van der Waals surface area contributed by atoms with Crippen LogP contribution in [0.4, 0.5) is 0 Å². The lowest BCUT2D eigenvalue weighted by Crippen LogP contribution is -1.92. The van der Waals surface area contributed by atoms with Gasteiger partial charge in [0.1, 0.15) is 0 Å². The van der Waals surface area contributed by atoms with E-state index in [2.05, 4.69) is 0 Å². The molecule has 0 aliphatic heterocycles. The van der Waals surface area contributed by atoms with Crippen LogP contribution in [0.1, 0.15) is 25.7 Å². The number of rotatable bonds is 1. The van der Waals surface area contributed by atoms with Crippen LogP contribution in [0.5, 0.6) is 0 Å². The smallest absolute Gasteiger partial charge is 0.321 e. The Labute approximate surface area is 59.9 Å². The van der Waals surface area contributed by atoms with Crippen LogP contribution in [0.2, 0.25) is 0 Å². The Bertz CT molecular complexity index is 191. The van der Waals surface area contributed by atoms with Gasteiger partial charge in [-0.3, -0.25) is 4.57 Å². The minimum absolute atomic E-state index is 0.332. The molecule has 0 spiro atoms. The largest absolute Gasteiger partial charge is 0.351 e. The van der Waals surface area contributed by atoms with Crippen molar-refractivity contribution in [2.24, 2.45) is 0 Å². The van der Waals surface area contributed by atoms with Gasteiger partial charge < -0.3 is 9.79 Å². The third kappa shape index (κ3) is 1.94. The van der Waals surface area contributed by atoms with Gasteiger partial charge >= 0.3 is 7.60 Å². The maximum atomic E-state index is 10.6. The lowest BCUT2D eigenvalue weighted by atomic mass is 10.1. The second kappa shape index (κ2) is 2.87. The fraction of sp³-hybridized carbons (Fsp3) is 0.667. The quantitative estimate of drug-likeness (QED) is 0.576. The minimum Gasteiger partial charge on any atom is -0.321 e. The molecule has 0 unspecified atom stereocenters. The molecule has 0 aromatic rings. The van der Waals surface area contributed by atoms with Gasteiger partial charge in [0.15, 0.2) is 0 Å². The van der Waals surface area contributed by atoms with E-state index in [0.717, 1.165) is 19.3 Å². The zero-order valence-electron chi connectivity index (χ0n) is 5.66. The first kappa shape index (κ1) is 7.99. The van der Waals surface area contributed by atoms with Crippen LogP contribution in [-0.2, 0) is 4.57 Å². The normalized spacial score (nSPS) is 20.4. The number of hydrogen-bond donors (Lipinski definition) is 2. The van der Waals surface area contributed by atoms with E-state index >= 15 is 0 Å². The van der Waals surface area contributed by atoms with Crippen molar-refractivity contribution in [1.82, 2.24) is 0 Å². The molecular formula is C6H11O3P. The molecule has 10 heavy (non-hydrogen) atoms. The zero-order chi connectivity index (χ0) is 7.61. The van der Waals surface area contributed by atoms with Gasteiger partial charge in [-0.05, 0) is 25.7 Å². The van der Waals surface area contributed by atoms with Crippen LogP contribution in [0.25, 0.3) is 0 Å². The van der Waals surface area contributed by atoms with Crippen molar-refractivity contribution in [3.8, 4) is 0 Å². The van der Waals surface area contributed by atoms with Crippen LogP contribution < -0.4 is 0 Å². The van der Waals surface area contributed by atoms with E-state index in [0.29, 0.717) is 11.7 Å². The Morgan fingerprint density at radius 3 is 2.40 bits per heavy atom. The molecule has 0 atom stereocenters. The van der Waals surface area contributed by atoms with Gasteiger partial charge in [-0.1, -0.05) is 6.08 Å². The van der Waals surface area contributed by atoms with E-state index in [4.69, 9.17) is 9.79 Å². The predicted molar refractivity (Wildman–Crippen MR) is 38.6 cm³/mol. The van der Waals surface area contributed by atoms with E-state index in [1.165, 1.54) is 0 Å². The molecule has 3 nitrogen and oxygen atoms in total. The van der Waals surface area contributed by atoms with Crippen LogP contribution in [-0.4, -0.2) is 9.79 Å². The first-order chi connectivity index (χ1) is 4.61. The second-order valence-electron chi connectivity index (χ2n) is 2.49. The molecule has 4 heteroatoms. The fourth-order valence-corrected chi connectivity index (χ4v) is 1.90. The minimum atomic E-state index is -3.88. The maximum absolute atomic E-state index is 10.6. The van der Waals surface area contributed by atoms with Gasteiger partial charge in [-0.15, -0.1) is 0 Å². The van der Waals surface area contributed by atoms with Crippen molar-refractivity contribution in [3.05, 3.63) is 11.4 Å². The summed E-state index contributed by atoms with van der Waals surface area (Å²) < 4.78 is 10.6. The molecule has 58 valence electrons. The number of allylic oxidation sites excluding steroid dienone is 2. The van der Waals surface area contributed by atoms with Crippen LogP contribution >= 0.6 is 7.60 Å². The monoisotopic (exact) mass is 162 g/mol. The maximum Gasteiger partial charge on any atom is 0.351 e. The molecule has 0 radical (unpaired) electrons. The average molecular weight is 162 g/mol. The molecule has 0 amide bonds. The summed E-state index contributed by atoms with van der Waals surface area (Å²) in [5.41, 5.74) is 0. The Balaban J connectivity index is 2.72. The van der Waals surface area contributed by atoms with Crippen molar-refractivity contribution in [1.29, 1.82) is 0 Å². The molecule has 0 heterocycles. The third-order valence-corrected chi connectivity index (χ3v) is 2.80. The van der Waals surface area contributed by atoms with E-state index in [-0.39, 0.29) is 0 Å². The summed E-state index contributed by atoms with van der Waals surface area (Å²) in [7, 11) is -3.88. The fourth-order valence-electron chi connectivity index (χ4n) is 1.09. The van der Waals surface area contributed by atoms with E-state index in [1.807, 2.05) is 0 Å². The summed E-state index contributed by atoms with van der Waals surface area (Å²) in [6.45, 7) is 0. The number of hydrogen-bond acceptors (Lipinski definition) is 1. The molecular weight excluding hydrogens is 151 g/mol. The molecule has 1 aliphatic rings. The Morgan fingerprint density at radius 2 is 2.10 bits per heavy atom. The SMILES string of the molecule is O=P(O)(O)C1=CCCCC1. The van der Waals surface area contributed by atoms with Crippen molar-refractivity contribution in [3.63, 3.8) is 0 Å². The van der Waals surface area contributed by atoms with Gasteiger partial charge in [0.2, 0.25) is 0 Å². The highest BCUT2D eigenvalue weighted by molar-refractivity contribution is 7.56. The van der Waals surface area contributed by atoms with Crippen LogP contribution in [0.3, 0.4) is 0 Å². The summed E-state index contributed by atoms with van der Waals surface area (Å²) in [6, 6.07) is 0. The highest BCUT2D eigenvalue weighted by Crippen LogP contribution is 2.48. The molecule has 0 aromatic carbocycles. The molecule has 0 aromatic heterocycles. The summed E-state index contributed by atoms with van der Waals surface area (Å²) in [4.78, 5) is 17.4. The summed E-state index contributed by atoms with van der Waals surface area (Å²) in [5, 5.41) is 0.332. The third-order valence-electron chi connectivity index (χ3n) is 1.64. The van der Waals surface area contributed by atoms with Crippen molar-refractivity contribution < 1.29 is 14.4 Å². The van der Waals surface area contributed by atoms with Gasteiger partial charge in [0.25, 0.3) is 0 Å². The lowest BCUT2D eigenvalue weighted by Gasteiger charge is -2.12. The Morgan fingerprint density at radius 1 is 1.40 bits per heavy atom. The molecule has 0 bridgehead atoms. The first-order valence-corrected chi connectivity index (χ1v) is 4.97. The van der Waals surface area contributed by atoms with Crippen LogP contribution in [0, 0.1) is 0 Å². The zero-order valence-corrected chi connectivity index (χ0v) is 6.55. The van der Waals surface area contributed by atoms with Crippen molar-refractivity contribution in [2.75, 3.05) is 0 Å². The molecule has 0 saturated carbocycles. The van der Waals surface area contributed by atoms with Gasteiger partial charge in [0.05, 0.1) is 0 Å². The van der Waals surface area contributed by atoms with Gasteiger partial charge in [0, 0.05) is 5.31 Å². The van der Waals surface area contributed by atoms with Gasteiger partial charge in [-0.2, -0.15) is 0 Å². The van der Waals surface area contributed by atoms with Gasteiger partial charge in [-0.25, -0.2) is 0 Å². The highest BCUT2D eigenvalue weighted by Gasteiger charge is 2.21. The molecule has 0 saturated heterocycles. The first-order valence-electron chi connectivity index (χ1n) is 3.36. The Kier molecular flexibility index (Phi) is 2.29. The van der Waals surface area contributed by atoms with E-state index in [1.54, 1.807) is 6.08 Å². The van der Waals surface area contributed by atoms with E-state index in [9.17, 15) is 4.57 Å². The summed E-state index contributed by atoms with van der Waals surface area (Å²) in [6.07, 6.45) is 5.04. The summed E-state index contributed by atoms with van der Waals surface area (Å²) >= 11 is 0. The predicted octanol–water partition coefficient (Wildman–Crippen LogP) is 1.62. The highest BCUT2D eigenvalue weighted by atomic mass is 31.2.